The Balaban J connectivity index is 1.38. The average Bonchev–Trinajstić information content (AvgIpc) is 3.44. The van der Waals surface area contributed by atoms with Crippen molar-refractivity contribution in [1.82, 2.24) is 29.7 Å². The second-order valence-corrected chi connectivity index (χ2v) is 8.95. The van der Waals surface area contributed by atoms with Crippen molar-refractivity contribution in [3.8, 4) is 11.8 Å². The number of nitrogens with two attached hydrogens (primary N) is 1. The van der Waals surface area contributed by atoms with Gasteiger partial charge >= 0.3 is 6.09 Å². The van der Waals surface area contributed by atoms with Crippen LogP contribution in [0.2, 0.25) is 0 Å². The highest BCUT2D eigenvalue weighted by Gasteiger charge is 2.48. The third-order valence-electron chi connectivity index (χ3n) is 6.52. The minimum Gasteiger partial charge on any atom is -0.453 e. The molecule has 0 aromatic carbocycles. The van der Waals surface area contributed by atoms with Crippen molar-refractivity contribution in [1.29, 1.82) is 0 Å². The molecule has 3 heterocycles. The van der Waals surface area contributed by atoms with E-state index < -0.39 is 36.5 Å². The molecule has 5 rings (SSSR count). The predicted octanol–water partition coefficient (Wildman–Crippen LogP) is -0.721. The van der Waals surface area contributed by atoms with Crippen molar-refractivity contribution in [2.75, 3.05) is 19.4 Å². The molecule has 2 aliphatic carbocycles. The number of amides is 2. The van der Waals surface area contributed by atoms with Crippen molar-refractivity contribution in [3.63, 3.8) is 0 Å². The van der Waals surface area contributed by atoms with Gasteiger partial charge in [0, 0.05) is 12.1 Å². The molecular weight excluding hydrogens is 458 g/mol. The third kappa shape index (κ3) is 4.47. The van der Waals surface area contributed by atoms with Crippen LogP contribution >= 0.6 is 0 Å². The Kier molecular flexibility index (Phi) is 6.18. The van der Waals surface area contributed by atoms with E-state index in [1.807, 2.05) is 0 Å². The minimum absolute atomic E-state index is 0.0675. The van der Waals surface area contributed by atoms with Gasteiger partial charge in [0.2, 0.25) is 5.82 Å². The summed E-state index contributed by atoms with van der Waals surface area (Å²) >= 11 is 0. The standard InChI is InChI=1S/C22H27N7O6/c1-34-22(33)28(12-4-2-5-12)9-3-6-13-26-18(23)14-19(27-13)29(10-24-14)21-16(31)15(30)17(35-21)20(32)25-11-7-8-11/h10-12,15-17,21,30-31H,2,4-5,7-9H2,1H3,(H,25,32)(H2,23,26,27)/t15-,16+,17-,21+/m0/s1. The SMILES string of the molecule is COC(=O)N(CC#Cc1nc(N)c2ncn([C@@H]3O[C@H](C(=O)NC4CC4)[C@@H](O)[C@H]3O)c2n1)C1CCC1. The number of aliphatic hydroxyl groups is 2. The van der Waals surface area contributed by atoms with Crippen molar-refractivity contribution in [3.05, 3.63) is 12.2 Å². The van der Waals surface area contributed by atoms with E-state index in [1.54, 1.807) is 4.90 Å². The van der Waals surface area contributed by atoms with Crippen LogP contribution in [0.15, 0.2) is 6.33 Å². The van der Waals surface area contributed by atoms with Crippen LogP contribution < -0.4 is 11.1 Å². The van der Waals surface area contributed by atoms with Gasteiger partial charge in [-0.25, -0.2) is 19.7 Å². The van der Waals surface area contributed by atoms with E-state index in [9.17, 15) is 19.8 Å². The molecule has 1 saturated heterocycles. The zero-order valence-electron chi connectivity index (χ0n) is 19.1. The number of ether oxygens (including phenoxy) is 2. The summed E-state index contributed by atoms with van der Waals surface area (Å²) in [6.07, 6.45) is 0.356. The van der Waals surface area contributed by atoms with Gasteiger partial charge in [0.25, 0.3) is 5.91 Å². The molecule has 5 N–H and O–H groups in total. The highest BCUT2D eigenvalue weighted by Crippen LogP contribution is 2.33. The van der Waals surface area contributed by atoms with Gasteiger partial charge in [-0.05, 0) is 38.0 Å². The number of nitrogens with zero attached hydrogens (tertiary/aromatic N) is 5. The Morgan fingerprint density at radius 3 is 2.71 bits per heavy atom. The average molecular weight is 486 g/mol. The highest BCUT2D eigenvalue weighted by molar-refractivity contribution is 5.83. The molecule has 0 unspecified atom stereocenters. The fraction of sp³-hybridized carbons (Fsp3) is 0.591. The summed E-state index contributed by atoms with van der Waals surface area (Å²) in [5.74, 6) is 5.38. The maximum absolute atomic E-state index is 12.4. The molecular formula is C22H27N7O6. The number of hydrogen-bond donors (Lipinski definition) is 4. The summed E-state index contributed by atoms with van der Waals surface area (Å²) in [6, 6.07) is 0.181. The maximum Gasteiger partial charge on any atom is 0.410 e. The molecule has 0 spiro atoms. The van der Waals surface area contributed by atoms with Crippen molar-refractivity contribution in [2.24, 2.45) is 0 Å². The zero-order valence-corrected chi connectivity index (χ0v) is 19.1. The lowest BCUT2D eigenvalue weighted by Crippen LogP contribution is -2.44. The molecule has 0 bridgehead atoms. The normalized spacial score (nSPS) is 26.0. The fourth-order valence-corrected chi connectivity index (χ4v) is 4.16. The van der Waals surface area contributed by atoms with Crippen LogP contribution in [-0.2, 0) is 14.3 Å². The lowest BCUT2D eigenvalue weighted by molar-refractivity contribution is -0.137. The quantitative estimate of drug-likeness (QED) is 0.395. The lowest BCUT2D eigenvalue weighted by atomic mass is 9.92. The Bertz CT molecular complexity index is 1200. The third-order valence-corrected chi connectivity index (χ3v) is 6.52. The van der Waals surface area contributed by atoms with Crippen molar-refractivity contribution < 1.29 is 29.3 Å². The van der Waals surface area contributed by atoms with Gasteiger partial charge < -0.3 is 30.7 Å². The van der Waals surface area contributed by atoms with Gasteiger partial charge in [-0.15, -0.1) is 0 Å². The Morgan fingerprint density at radius 2 is 2.06 bits per heavy atom. The molecule has 2 aromatic heterocycles. The van der Waals surface area contributed by atoms with Crippen LogP contribution in [0.25, 0.3) is 11.2 Å². The number of carbonyl (C=O) groups excluding carboxylic acids is 2. The fourth-order valence-electron chi connectivity index (χ4n) is 4.16. The van der Waals surface area contributed by atoms with Crippen LogP contribution in [-0.4, -0.2) is 90.7 Å². The van der Waals surface area contributed by atoms with Crippen molar-refractivity contribution in [2.45, 2.75) is 68.7 Å². The number of aliphatic hydroxyl groups excluding tert-OH is 2. The number of methoxy groups -OCH3 is 1. The first-order valence-electron chi connectivity index (χ1n) is 11.5. The highest BCUT2D eigenvalue weighted by atomic mass is 16.6. The van der Waals surface area contributed by atoms with E-state index in [1.165, 1.54) is 18.0 Å². The van der Waals surface area contributed by atoms with E-state index in [2.05, 4.69) is 32.1 Å². The molecule has 186 valence electrons. The number of carbonyl (C=O) groups is 2. The molecule has 2 saturated carbocycles. The second-order valence-electron chi connectivity index (χ2n) is 8.95. The summed E-state index contributed by atoms with van der Waals surface area (Å²) in [5, 5.41) is 23.8. The summed E-state index contributed by atoms with van der Waals surface area (Å²) in [4.78, 5) is 38.8. The first kappa shape index (κ1) is 23.3. The van der Waals surface area contributed by atoms with Crippen LogP contribution in [0.1, 0.15) is 44.2 Å². The number of fused-ring (bicyclic) bond motifs is 1. The van der Waals surface area contributed by atoms with E-state index in [0.717, 1.165) is 32.1 Å². The summed E-state index contributed by atoms with van der Waals surface area (Å²) in [7, 11) is 1.33. The van der Waals surface area contributed by atoms with E-state index in [-0.39, 0.29) is 41.4 Å². The molecule has 35 heavy (non-hydrogen) atoms. The van der Waals surface area contributed by atoms with Gasteiger partial charge in [-0.3, -0.25) is 14.3 Å². The topological polar surface area (TPSA) is 178 Å². The van der Waals surface area contributed by atoms with E-state index in [0.29, 0.717) is 0 Å². The first-order chi connectivity index (χ1) is 16.9. The van der Waals surface area contributed by atoms with Crippen molar-refractivity contribution >= 4 is 29.0 Å². The Hall–Kier alpha value is -3.47. The zero-order chi connectivity index (χ0) is 24.7. The molecule has 4 atom stereocenters. The summed E-state index contributed by atoms with van der Waals surface area (Å²) in [5.41, 5.74) is 6.54. The summed E-state index contributed by atoms with van der Waals surface area (Å²) in [6.45, 7) is 0.145. The Morgan fingerprint density at radius 1 is 1.29 bits per heavy atom. The molecule has 2 aromatic rings. The van der Waals surface area contributed by atoms with Crippen LogP contribution in [0, 0.1) is 11.8 Å². The molecule has 1 aliphatic heterocycles. The van der Waals surface area contributed by atoms with Gasteiger partial charge in [0.1, 0.15) is 17.7 Å². The molecule has 0 radical (unpaired) electrons. The number of nitrogens with one attached hydrogen (secondary N) is 1. The van der Waals surface area contributed by atoms with Gasteiger partial charge in [0.15, 0.2) is 23.8 Å². The number of nitrogen functional groups attached to an aromatic ring is 1. The lowest BCUT2D eigenvalue weighted by Gasteiger charge is -2.35. The Labute approximate surface area is 200 Å². The largest absolute Gasteiger partial charge is 0.453 e. The van der Waals surface area contributed by atoms with Gasteiger partial charge in [-0.1, -0.05) is 5.92 Å². The monoisotopic (exact) mass is 485 g/mol. The first-order valence-corrected chi connectivity index (χ1v) is 11.5. The number of imidazole rings is 1. The van der Waals surface area contributed by atoms with E-state index in [4.69, 9.17) is 15.2 Å². The minimum atomic E-state index is -1.43. The van der Waals surface area contributed by atoms with Gasteiger partial charge in [-0.2, -0.15) is 0 Å². The number of anilines is 1. The van der Waals surface area contributed by atoms with Crippen LogP contribution in [0.4, 0.5) is 10.6 Å². The molecule has 2 amide bonds. The number of rotatable bonds is 5. The van der Waals surface area contributed by atoms with Crippen LogP contribution in [0.3, 0.4) is 0 Å². The second kappa shape index (κ2) is 9.29. The van der Waals surface area contributed by atoms with E-state index >= 15 is 0 Å². The molecule has 3 fully saturated rings. The number of aromatic nitrogens is 4. The summed E-state index contributed by atoms with van der Waals surface area (Å²) < 4.78 is 12.0. The molecule has 3 aliphatic rings. The molecule has 13 nitrogen and oxygen atoms in total. The van der Waals surface area contributed by atoms with Gasteiger partial charge in [0.05, 0.1) is 20.0 Å². The number of hydrogen-bond acceptors (Lipinski definition) is 10. The molecule has 13 heteroatoms. The van der Waals surface area contributed by atoms with Crippen LogP contribution in [0.5, 0.6) is 0 Å². The maximum atomic E-state index is 12.4. The predicted molar refractivity (Wildman–Crippen MR) is 120 cm³/mol. The smallest absolute Gasteiger partial charge is 0.410 e.